The summed E-state index contributed by atoms with van der Waals surface area (Å²) < 4.78 is 5.02. The number of nitrogens with one attached hydrogen (secondary N) is 1. The lowest BCUT2D eigenvalue weighted by Crippen LogP contribution is -2.30. The number of pyridine rings is 1. The largest absolute Gasteiger partial charge is 0.361 e. The van der Waals surface area contributed by atoms with Crippen LogP contribution in [-0.2, 0) is 5.75 Å². The number of amides is 1. The van der Waals surface area contributed by atoms with Crippen LogP contribution in [0.4, 0.5) is 0 Å². The van der Waals surface area contributed by atoms with Crippen LogP contribution in [0.15, 0.2) is 33.9 Å². The second-order valence-corrected chi connectivity index (χ2v) is 5.67. The van der Waals surface area contributed by atoms with Gasteiger partial charge >= 0.3 is 0 Å². The standard InChI is InChI=1S/C14H17N3O2S/c1-9(2)16-13(18)12-5-4-6-15-14(12)20-8-11-7-10(3)19-17-11/h4-7,9H,8H2,1-3H3,(H,16,18). The topological polar surface area (TPSA) is 68.0 Å². The van der Waals surface area contributed by atoms with Crippen molar-refractivity contribution in [2.75, 3.05) is 0 Å². The molecule has 0 saturated carbocycles. The van der Waals surface area contributed by atoms with E-state index < -0.39 is 0 Å². The summed E-state index contributed by atoms with van der Waals surface area (Å²) in [5.41, 5.74) is 1.43. The third-order valence-electron chi connectivity index (χ3n) is 2.47. The van der Waals surface area contributed by atoms with E-state index in [1.54, 1.807) is 18.3 Å². The van der Waals surface area contributed by atoms with Crippen molar-refractivity contribution in [2.45, 2.75) is 37.6 Å². The normalized spacial score (nSPS) is 10.8. The molecule has 0 aliphatic rings. The first-order valence-corrected chi connectivity index (χ1v) is 7.35. The number of aryl methyl sites for hydroxylation is 1. The fourth-order valence-electron chi connectivity index (χ4n) is 1.65. The quantitative estimate of drug-likeness (QED) is 0.858. The van der Waals surface area contributed by atoms with E-state index in [2.05, 4.69) is 15.5 Å². The molecule has 0 saturated heterocycles. The SMILES string of the molecule is Cc1cc(CSc2ncccc2C(=O)NC(C)C)no1. The molecule has 2 rings (SSSR count). The van der Waals surface area contributed by atoms with Crippen LogP contribution in [0, 0.1) is 6.92 Å². The smallest absolute Gasteiger partial charge is 0.254 e. The molecule has 5 nitrogen and oxygen atoms in total. The maximum absolute atomic E-state index is 12.1. The van der Waals surface area contributed by atoms with Gasteiger partial charge in [-0.3, -0.25) is 4.79 Å². The summed E-state index contributed by atoms with van der Waals surface area (Å²) in [6.45, 7) is 5.71. The first kappa shape index (κ1) is 14.6. The highest BCUT2D eigenvalue weighted by Gasteiger charge is 2.14. The summed E-state index contributed by atoms with van der Waals surface area (Å²) in [6.07, 6.45) is 1.68. The second kappa shape index (κ2) is 6.56. The van der Waals surface area contributed by atoms with E-state index in [0.29, 0.717) is 16.3 Å². The van der Waals surface area contributed by atoms with Gasteiger partial charge in [-0.2, -0.15) is 0 Å². The molecule has 1 amide bonds. The Bertz CT molecular complexity index is 596. The Hall–Kier alpha value is -1.82. The fourth-order valence-corrected chi connectivity index (χ4v) is 2.52. The Morgan fingerprint density at radius 2 is 2.30 bits per heavy atom. The van der Waals surface area contributed by atoms with Crippen LogP contribution in [0.25, 0.3) is 0 Å². The van der Waals surface area contributed by atoms with E-state index in [-0.39, 0.29) is 11.9 Å². The predicted molar refractivity (Wildman–Crippen MR) is 77.6 cm³/mol. The van der Waals surface area contributed by atoms with Crippen LogP contribution < -0.4 is 5.32 Å². The lowest BCUT2D eigenvalue weighted by atomic mass is 10.2. The van der Waals surface area contributed by atoms with Crippen molar-refractivity contribution in [3.8, 4) is 0 Å². The zero-order valence-corrected chi connectivity index (χ0v) is 12.5. The van der Waals surface area contributed by atoms with Crippen molar-refractivity contribution in [1.82, 2.24) is 15.5 Å². The molecule has 2 heterocycles. The average molecular weight is 291 g/mol. The summed E-state index contributed by atoms with van der Waals surface area (Å²) in [6, 6.07) is 5.52. The number of rotatable bonds is 5. The fraction of sp³-hybridized carbons (Fsp3) is 0.357. The van der Waals surface area contributed by atoms with Crippen LogP contribution in [-0.4, -0.2) is 22.1 Å². The molecule has 0 bridgehead atoms. The highest BCUT2D eigenvalue weighted by molar-refractivity contribution is 7.98. The van der Waals surface area contributed by atoms with Crippen molar-refractivity contribution in [1.29, 1.82) is 0 Å². The third-order valence-corrected chi connectivity index (χ3v) is 3.51. The number of nitrogens with zero attached hydrogens (tertiary/aromatic N) is 2. The Labute approximate surface area is 122 Å². The average Bonchev–Trinajstić information content (AvgIpc) is 2.82. The van der Waals surface area contributed by atoms with E-state index >= 15 is 0 Å². The monoisotopic (exact) mass is 291 g/mol. The van der Waals surface area contributed by atoms with Crippen LogP contribution in [0.2, 0.25) is 0 Å². The molecule has 0 aliphatic heterocycles. The minimum atomic E-state index is -0.105. The maximum Gasteiger partial charge on any atom is 0.254 e. The Morgan fingerprint density at radius 1 is 1.50 bits per heavy atom. The third kappa shape index (κ3) is 3.84. The Kier molecular flexibility index (Phi) is 4.79. The lowest BCUT2D eigenvalue weighted by Gasteiger charge is -2.10. The summed E-state index contributed by atoms with van der Waals surface area (Å²) in [4.78, 5) is 16.4. The van der Waals surface area contributed by atoms with Gasteiger partial charge in [0.1, 0.15) is 10.8 Å². The van der Waals surface area contributed by atoms with Crippen molar-refractivity contribution in [2.24, 2.45) is 0 Å². The van der Waals surface area contributed by atoms with E-state index in [4.69, 9.17) is 4.52 Å². The van der Waals surface area contributed by atoms with E-state index in [0.717, 1.165) is 11.5 Å². The summed E-state index contributed by atoms with van der Waals surface area (Å²) in [5.74, 6) is 1.29. The molecular weight excluding hydrogens is 274 g/mol. The Morgan fingerprint density at radius 3 is 2.95 bits per heavy atom. The molecule has 0 radical (unpaired) electrons. The molecule has 20 heavy (non-hydrogen) atoms. The molecule has 0 aliphatic carbocycles. The van der Waals surface area contributed by atoms with Gasteiger partial charge in [0, 0.05) is 24.1 Å². The molecule has 106 valence electrons. The Balaban J connectivity index is 2.09. The van der Waals surface area contributed by atoms with Crippen molar-refractivity contribution in [3.63, 3.8) is 0 Å². The number of hydrogen-bond acceptors (Lipinski definition) is 5. The number of carbonyl (C=O) groups is 1. The molecule has 0 spiro atoms. The van der Waals surface area contributed by atoms with Gasteiger partial charge in [-0.1, -0.05) is 16.9 Å². The van der Waals surface area contributed by atoms with Gasteiger partial charge in [-0.25, -0.2) is 4.98 Å². The zero-order chi connectivity index (χ0) is 14.5. The molecule has 6 heteroatoms. The molecule has 0 fully saturated rings. The van der Waals surface area contributed by atoms with Crippen LogP contribution in [0.5, 0.6) is 0 Å². The van der Waals surface area contributed by atoms with Gasteiger partial charge < -0.3 is 9.84 Å². The molecule has 0 atom stereocenters. The minimum absolute atomic E-state index is 0.0961. The molecular formula is C14H17N3O2S. The zero-order valence-electron chi connectivity index (χ0n) is 11.7. The van der Waals surface area contributed by atoms with Gasteiger partial charge in [0.15, 0.2) is 0 Å². The molecule has 2 aromatic heterocycles. The van der Waals surface area contributed by atoms with Crippen molar-refractivity contribution >= 4 is 17.7 Å². The van der Waals surface area contributed by atoms with E-state index in [1.165, 1.54) is 11.8 Å². The van der Waals surface area contributed by atoms with Crippen LogP contribution in [0.1, 0.15) is 35.7 Å². The van der Waals surface area contributed by atoms with Crippen LogP contribution in [0.3, 0.4) is 0 Å². The van der Waals surface area contributed by atoms with Crippen molar-refractivity contribution in [3.05, 3.63) is 41.4 Å². The van der Waals surface area contributed by atoms with Gasteiger partial charge in [0.2, 0.25) is 0 Å². The van der Waals surface area contributed by atoms with E-state index in [9.17, 15) is 4.79 Å². The van der Waals surface area contributed by atoms with Gasteiger partial charge in [-0.05, 0) is 32.9 Å². The minimum Gasteiger partial charge on any atom is -0.361 e. The predicted octanol–water partition coefficient (Wildman–Crippen LogP) is 2.81. The first-order valence-electron chi connectivity index (χ1n) is 6.37. The number of hydrogen-bond donors (Lipinski definition) is 1. The summed E-state index contributed by atoms with van der Waals surface area (Å²) in [5, 5.41) is 7.51. The number of aromatic nitrogens is 2. The molecule has 0 aromatic carbocycles. The van der Waals surface area contributed by atoms with Gasteiger partial charge in [0.25, 0.3) is 5.91 Å². The highest BCUT2D eigenvalue weighted by Crippen LogP contribution is 2.24. The van der Waals surface area contributed by atoms with Gasteiger partial charge in [-0.15, -0.1) is 0 Å². The molecule has 0 unspecified atom stereocenters. The van der Waals surface area contributed by atoms with Crippen molar-refractivity contribution < 1.29 is 9.32 Å². The summed E-state index contributed by atoms with van der Waals surface area (Å²) in [7, 11) is 0. The summed E-state index contributed by atoms with van der Waals surface area (Å²) >= 11 is 1.47. The molecule has 1 N–H and O–H groups in total. The van der Waals surface area contributed by atoms with E-state index in [1.807, 2.05) is 26.8 Å². The number of carbonyl (C=O) groups excluding carboxylic acids is 1. The van der Waals surface area contributed by atoms with Gasteiger partial charge in [0.05, 0.1) is 11.3 Å². The second-order valence-electron chi connectivity index (χ2n) is 4.70. The highest BCUT2D eigenvalue weighted by atomic mass is 32.2. The van der Waals surface area contributed by atoms with Crippen LogP contribution >= 0.6 is 11.8 Å². The first-order chi connectivity index (χ1) is 9.56. The lowest BCUT2D eigenvalue weighted by molar-refractivity contribution is 0.0939. The molecule has 2 aromatic rings. The maximum atomic E-state index is 12.1. The number of thioether (sulfide) groups is 1.